The number of halogens is 1. The summed E-state index contributed by atoms with van der Waals surface area (Å²) < 4.78 is 1.10. The molecule has 94 valence electrons. The van der Waals surface area contributed by atoms with Crippen LogP contribution in [0.5, 0.6) is 0 Å². The van der Waals surface area contributed by atoms with Crippen LogP contribution in [0.25, 0.3) is 0 Å². The van der Waals surface area contributed by atoms with Crippen LogP contribution < -0.4 is 5.32 Å². The van der Waals surface area contributed by atoms with Gasteiger partial charge in [0.15, 0.2) is 0 Å². The van der Waals surface area contributed by atoms with E-state index in [0.717, 1.165) is 23.1 Å². The molecular formula is C14H16BrN3. The standard InChI is InChI=1S/C14H16BrN3/c1-2-17-14(13-7-8-16-10-18-13)9-11-3-5-12(15)6-4-11/h3-8,10,14,17H,2,9H2,1H3. The minimum atomic E-state index is 0.235. The maximum atomic E-state index is 4.33. The number of hydrogen-bond donors (Lipinski definition) is 1. The van der Waals surface area contributed by atoms with Gasteiger partial charge >= 0.3 is 0 Å². The van der Waals surface area contributed by atoms with Gasteiger partial charge < -0.3 is 5.32 Å². The lowest BCUT2D eigenvalue weighted by Gasteiger charge is -2.17. The molecule has 1 aromatic carbocycles. The zero-order valence-electron chi connectivity index (χ0n) is 10.3. The Labute approximate surface area is 116 Å². The van der Waals surface area contributed by atoms with Gasteiger partial charge in [0, 0.05) is 10.7 Å². The van der Waals surface area contributed by atoms with E-state index in [1.807, 2.05) is 6.07 Å². The maximum absolute atomic E-state index is 4.33. The number of benzene rings is 1. The Balaban J connectivity index is 2.14. The molecule has 0 saturated carbocycles. The number of nitrogens with one attached hydrogen (secondary N) is 1. The lowest BCUT2D eigenvalue weighted by molar-refractivity contribution is 0.535. The first-order valence-corrected chi connectivity index (χ1v) is 6.82. The second-order valence-electron chi connectivity index (χ2n) is 4.08. The van der Waals surface area contributed by atoms with Crippen molar-refractivity contribution in [1.82, 2.24) is 15.3 Å². The Hall–Kier alpha value is -1.26. The molecule has 2 rings (SSSR count). The first kappa shape index (κ1) is 13.2. The third-order valence-corrected chi connectivity index (χ3v) is 3.29. The SMILES string of the molecule is CCNC(Cc1ccc(Br)cc1)c1ccncn1. The number of rotatable bonds is 5. The van der Waals surface area contributed by atoms with Gasteiger partial charge in [-0.25, -0.2) is 9.97 Å². The highest BCUT2D eigenvalue weighted by atomic mass is 79.9. The average molecular weight is 306 g/mol. The highest BCUT2D eigenvalue weighted by molar-refractivity contribution is 9.10. The number of aromatic nitrogens is 2. The van der Waals surface area contributed by atoms with Crippen molar-refractivity contribution in [3.63, 3.8) is 0 Å². The van der Waals surface area contributed by atoms with E-state index >= 15 is 0 Å². The van der Waals surface area contributed by atoms with Gasteiger partial charge in [-0.15, -0.1) is 0 Å². The van der Waals surface area contributed by atoms with E-state index < -0.39 is 0 Å². The highest BCUT2D eigenvalue weighted by Gasteiger charge is 2.12. The van der Waals surface area contributed by atoms with E-state index in [9.17, 15) is 0 Å². The third kappa shape index (κ3) is 3.62. The molecule has 4 heteroatoms. The molecule has 2 aromatic rings. The molecule has 18 heavy (non-hydrogen) atoms. The first-order chi connectivity index (χ1) is 8.79. The molecule has 0 spiro atoms. The molecule has 0 bridgehead atoms. The van der Waals surface area contributed by atoms with E-state index in [1.165, 1.54) is 5.56 Å². The summed E-state index contributed by atoms with van der Waals surface area (Å²) in [5.41, 5.74) is 2.33. The van der Waals surface area contributed by atoms with Crippen molar-refractivity contribution in [1.29, 1.82) is 0 Å². The summed E-state index contributed by atoms with van der Waals surface area (Å²) in [7, 11) is 0. The van der Waals surface area contributed by atoms with Crippen molar-refractivity contribution in [2.45, 2.75) is 19.4 Å². The Morgan fingerprint density at radius 1 is 1.22 bits per heavy atom. The third-order valence-electron chi connectivity index (χ3n) is 2.77. The molecular weight excluding hydrogens is 290 g/mol. The van der Waals surface area contributed by atoms with Gasteiger partial charge in [0.2, 0.25) is 0 Å². The van der Waals surface area contributed by atoms with Gasteiger partial charge in [0.1, 0.15) is 6.33 Å². The molecule has 0 saturated heterocycles. The summed E-state index contributed by atoms with van der Waals surface area (Å²) in [6, 6.07) is 10.6. The summed E-state index contributed by atoms with van der Waals surface area (Å²) in [5, 5.41) is 3.46. The molecule has 1 heterocycles. The van der Waals surface area contributed by atoms with Crippen LogP contribution >= 0.6 is 15.9 Å². The summed E-state index contributed by atoms with van der Waals surface area (Å²) in [6.45, 7) is 3.03. The van der Waals surface area contributed by atoms with Crippen molar-refractivity contribution in [3.8, 4) is 0 Å². The second-order valence-corrected chi connectivity index (χ2v) is 4.99. The van der Waals surface area contributed by atoms with E-state index in [-0.39, 0.29) is 6.04 Å². The van der Waals surface area contributed by atoms with Gasteiger partial charge in [0.05, 0.1) is 11.7 Å². The van der Waals surface area contributed by atoms with Gasteiger partial charge in [-0.2, -0.15) is 0 Å². The van der Waals surface area contributed by atoms with E-state index in [0.29, 0.717) is 0 Å². The Bertz CT molecular complexity index is 470. The van der Waals surface area contributed by atoms with Crippen molar-refractivity contribution in [3.05, 3.63) is 58.6 Å². The zero-order valence-corrected chi connectivity index (χ0v) is 11.9. The van der Waals surface area contributed by atoms with Crippen LogP contribution in [-0.2, 0) is 6.42 Å². The van der Waals surface area contributed by atoms with Gasteiger partial charge in [-0.3, -0.25) is 0 Å². The molecule has 3 nitrogen and oxygen atoms in total. The van der Waals surface area contributed by atoms with Crippen LogP contribution in [0, 0.1) is 0 Å². The zero-order chi connectivity index (χ0) is 12.8. The quantitative estimate of drug-likeness (QED) is 0.922. The average Bonchev–Trinajstić information content (AvgIpc) is 2.42. The lowest BCUT2D eigenvalue weighted by atomic mass is 10.0. The van der Waals surface area contributed by atoms with Gasteiger partial charge in [-0.05, 0) is 36.7 Å². The van der Waals surface area contributed by atoms with Crippen molar-refractivity contribution in [2.75, 3.05) is 6.54 Å². The Morgan fingerprint density at radius 3 is 2.61 bits per heavy atom. The summed E-state index contributed by atoms with van der Waals surface area (Å²) >= 11 is 3.45. The number of nitrogens with zero attached hydrogens (tertiary/aromatic N) is 2. The molecule has 1 aromatic heterocycles. The maximum Gasteiger partial charge on any atom is 0.115 e. The minimum absolute atomic E-state index is 0.235. The molecule has 0 aliphatic rings. The van der Waals surface area contributed by atoms with Crippen molar-refractivity contribution >= 4 is 15.9 Å². The van der Waals surface area contributed by atoms with Gasteiger partial charge in [0.25, 0.3) is 0 Å². The fourth-order valence-corrected chi connectivity index (χ4v) is 2.16. The highest BCUT2D eigenvalue weighted by Crippen LogP contribution is 2.18. The smallest absolute Gasteiger partial charge is 0.115 e. The largest absolute Gasteiger partial charge is 0.309 e. The molecule has 0 radical (unpaired) electrons. The second kappa shape index (κ2) is 6.61. The van der Waals surface area contributed by atoms with Crippen LogP contribution in [-0.4, -0.2) is 16.5 Å². The van der Waals surface area contributed by atoms with E-state index in [2.05, 4.69) is 62.4 Å². The van der Waals surface area contributed by atoms with Crippen LogP contribution in [0.2, 0.25) is 0 Å². The topological polar surface area (TPSA) is 37.8 Å². The first-order valence-electron chi connectivity index (χ1n) is 6.03. The molecule has 0 aliphatic heterocycles. The molecule has 1 unspecified atom stereocenters. The Morgan fingerprint density at radius 2 is 2.00 bits per heavy atom. The predicted molar refractivity (Wildman–Crippen MR) is 76.3 cm³/mol. The number of hydrogen-bond acceptors (Lipinski definition) is 3. The summed E-state index contributed by atoms with van der Waals surface area (Å²) in [4.78, 5) is 8.29. The fourth-order valence-electron chi connectivity index (χ4n) is 1.89. The Kier molecular flexibility index (Phi) is 4.84. The monoisotopic (exact) mass is 305 g/mol. The lowest BCUT2D eigenvalue weighted by Crippen LogP contribution is -2.23. The molecule has 0 fully saturated rings. The minimum Gasteiger partial charge on any atom is -0.309 e. The van der Waals surface area contributed by atoms with Gasteiger partial charge in [-0.1, -0.05) is 35.0 Å². The fraction of sp³-hybridized carbons (Fsp3) is 0.286. The summed E-state index contributed by atoms with van der Waals surface area (Å²) in [5.74, 6) is 0. The number of likely N-dealkylation sites (N-methyl/N-ethyl adjacent to an activating group) is 1. The normalized spacial score (nSPS) is 12.3. The molecule has 0 amide bonds. The van der Waals surface area contributed by atoms with Crippen LogP contribution in [0.15, 0.2) is 47.3 Å². The molecule has 1 N–H and O–H groups in total. The molecule has 1 atom stereocenters. The summed E-state index contributed by atoms with van der Waals surface area (Å²) in [6.07, 6.45) is 4.31. The molecule has 0 aliphatic carbocycles. The van der Waals surface area contributed by atoms with Crippen molar-refractivity contribution < 1.29 is 0 Å². The van der Waals surface area contributed by atoms with Crippen LogP contribution in [0.1, 0.15) is 24.2 Å². The van der Waals surface area contributed by atoms with E-state index in [1.54, 1.807) is 12.5 Å². The van der Waals surface area contributed by atoms with Crippen molar-refractivity contribution in [2.24, 2.45) is 0 Å². The van der Waals surface area contributed by atoms with Crippen LogP contribution in [0.4, 0.5) is 0 Å². The predicted octanol–water partition coefficient (Wildman–Crippen LogP) is 3.13. The van der Waals surface area contributed by atoms with Crippen LogP contribution in [0.3, 0.4) is 0 Å². The van der Waals surface area contributed by atoms with E-state index in [4.69, 9.17) is 0 Å².